The van der Waals surface area contributed by atoms with Crippen molar-refractivity contribution in [3.05, 3.63) is 35.0 Å². The zero-order chi connectivity index (χ0) is 26.4. The molecule has 1 aliphatic rings. The standard InChI is InChI=1S/C23H20F3N5O5S2/c1-32-12-7-16(35-11-14-19(23(24,25)26)37-21(28-14)30-3-5-34-6-4-30)13-9-18(36-17(13)8-12)15-10-27-20-31(15)29-22(33-2)38-20/h7-10H,3-6,11H2,1-2H3. The number of rotatable bonds is 7. The Morgan fingerprint density at radius 1 is 1.08 bits per heavy atom. The van der Waals surface area contributed by atoms with Crippen molar-refractivity contribution >= 4 is 43.7 Å². The Labute approximate surface area is 221 Å². The van der Waals surface area contributed by atoms with Crippen LogP contribution in [0.5, 0.6) is 16.7 Å². The van der Waals surface area contributed by atoms with Gasteiger partial charge in [-0.15, -0.1) is 5.10 Å². The molecule has 38 heavy (non-hydrogen) atoms. The number of aromatic nitrogens is 4. The summed E-state index contributed by atoms with van der Waals surface area (Å²) < 4.78 is 71.0. The number of fused-ring (bicyclic) bond motifs is 2. The first kappa shape index (κ1) is 24.8. The molecule has 15 heteroatoms. The van der Waals surface area contributed by atoms with E-state index in [1.807, 2.05) is 0 Å². The monoisotopic (exact) mass is 567 g/mol. The smallest absolute Gasteiger partial charge is 0.427 e. The Kier molecular flexibility index (Phi) is 6.28. The Hall–Kier alpha value is -3.56. The Morgan fingerprint density at radius 3 is 2.63 bits per heavy atom. The van der Waals surface area contributed by atoms with Crippen LogP contribution in [0.2, 0.25) is 0 Å². The highest BCUT2D eigenvalue weighted by Gasteiger charge is 2.38. The average Bonchev–Trinajstić information content (AvgIpc) is 3.69. The van der Waals surface area contributed by atoms with E-state index in [0.717, 1.165) is 0 Å². The van der Waals surface area contributed by atoms with Crippen molar-refractivity contribution in [2.75, 3.05) is 45.4 Å². The van der Waals surface area contributed by atoms with E-state index in [1.165, 1.54) is 25.6 Å². The predicted octanol–water partition coefficient (Wildman–Crippen LogP) is 5.11. The van der Waals surface area contributed by atoms with E-state index in [4.69, 9.17) is 23.4 Å². The van der Waals surface area contributed by atoms with Gasteiger partial charge in [-0.3, -0.25) is 0 Å². The zero-order valence-electron chi connectivity index (χ0n) is 20.1. The summed E-state index contributed by atoms with van der Waals surface area (Å²) in [5, 5.41) is 5.64. The number of nitrogens with zero attached hydrogens (tertiary/aromatic N) is 5. The first-order chi connectivity index (χ1) is 18.3. The molecule has 1 saturated heterocycles. The van der Waals surface area contributed by atoms with Gasteiger partial charge in [0.1, 0.15) is 40.0 Å². The molecular formula is C23H20F3N5O5S2. The van der Waals surface area contributed by atoms with Crippen LogP contribution in [0.3, 0.4) is 0 Å². The third-order valence-corrected chi connectivity index (χ3v) is 7.98. The molecule has 200 valence electrons. The summed E-state index contributed by atoms with van der Waals surface area (Å²) in [5.74, 6) is 1.16. The number of benzene rings is 1. The number of methoxy groups -OCH3 is 2. The number of furan rings is 1. The average molecular weight is 568 g/mol. The second-order valence-electron chi connectivity index (χ2n) is 8.22. The van der Waals surface area contributed by atoms with E-state index in [0.29, 0.717) is 86.8 Å². The highest BCUT2D eigenvalue weighted by molar-refractivity contribution is 7.18. The maximum absolute atomic E-state index is 13.9. The number of hydrogen-bond acceptors (Lipinski definition) is 11. The lowest BCUT2D eigenvalue weighted by Gasteiger charge is -2.26. The molecule has 0 aliphatic carbocycles. The molecule has 10 nitrogen and oxygen atoms in total. The predicted molar refractivity (Wildman–Crippen MR) is 134 cm³/mol. The third-order valence-electron chi connectivity index (χ3n) is 5.89. The maximum Gasteiger partial charge on any atom is 0.427 e. The van der Waals surface area contributed by atoms with Gasteiger partial charge in [-0.2, -0.15) is 17.7 Å². The lowest BCUT2D eigenvalue weighted by Crippen LogP contribution is -2.36. The molecule has 0 bridgehead atoms. The first-order valence-electron chi connectivity index (χ1n) is 11.4. The lowest BCUT2D eigenvalue weighted by atomic mass is 10.2. The van der Waals surface area contributed by atoms with Crippen LogP contribution >= 0.6 is 22.7 Å². The van der Waals surface area contributed by atoms with Crippen LogP contribution < -0.4 is 19.1 Å². The van der Waals surface area contributed by atoms with Gasteiger partial charge in [0, 0.05) is 25.2 Å². The fraction of sp³-hybridized carbons (Fsp3) is 0.348. The van der Waals surface area contributed by atoms with Gasteiger partial charge in [-0.05, 0) is 17.4 Å². The minimum Gasteiger partial charge on any atom is -0.496 e. The van der Waals surface area contributed by atoms with E-state index in [1.54, 1.807) is 33.8 Å². The molecule has 5 heterocycles. The Balaban J connectivity index is 1.35. The summed E-state index contributed by atoms with van der Waals surface area (Å²) in [6, 6.07) is 5.00. The lowest BCUT2D eigenvalue weighted by molar-refractivity contribution is -0.135. The molecule has 0 spiro atoms. The summed E-state index contributed by atoms with van der Waals surface area (Å²) in [4.78, 5) is 10.2. The molecular weight excluding hydrogens is 547 g/mol. The number of hydrogen-bond donors (Lipinski definition) is 0. The van der Waals surface area contributed by atoms with Gasteiger partial charge in [0.2, 0.25) is 4.96 Å². The van der Waals surface area contributed by atoms with Crippen molar-refractivity contribution in [3.63, 3.8) is 0 Å². The summed E-state index contributed by atoms with van der Waals surface area (Å²) in [5.41, 5.74) is 0.820. The normalized spacial score (nSPS) is 14.5. The van der Waals surface area contributed by atoms with E-state index >= 15 is 0 Å². The van der Waals surface area contributed by atoms with Gasteiger partial charge in [0.15, 0.2) is 10.9 Å². The number of anilines is 1. The van der Waals surface area contributed by atoms with Crippen molar-refractivity contribution in [3.8, 4) is 28.1 Å². The number of halogens is 3. The highest BCUT2D eigenvalue weighted by atomic mass is 32.1. The number of thiazole rings is 1. The van der Waals surface area contributed by atoms with Gasteiger partial charge in [0.05, 0.1) is 39.0 Å². The van der Waals surface area contributed by atoms with Crippen LogP contribution in [0.1, 0.15) is 10.6 Å². The highest BCUT2D eigenvalue weighted by Crippen LogP contribution is 2.41. The number of ether oxygens (including phenoxy) is 4. The number of morpholine rings is 1. The van der Waals surface area contributed by atoms with Gasteiger partial charge in [0.25, 0.3) is 5.19 Å². The summed E-state index contributed by atoms with van der Waals surface area (Å²) in [7, 11) is 3.00. The van der Waals surface area contributed by atoms with Crippen LogP contribution in [-0.2, 0) is 17.5 Å². The van der Waals surface area contributed by atoms with Gasteiger partial charge >= 0.3 is 6.18 Å². The molecule has 1 aliphatic heterocycles. The molecule has 0 atom stereocenters. The molecule has 4 aromatic heterocycles. The zero-order valence-corrected chi connectivity index (χ0v) is 21.7. The summed E-state index contributed by atoms with van der Waals surface area (Å²) in [6.07, 6.45) is -2.94. The van der Waals surface area contributed by atoms with Gasteiger partial charge in [-0.25, -0.2) is 9.97 Å². The van der Waals surface area contributed by atoms with Gasteiger partial charge < -0.3 is 28.3 Å². The van der Waals surface area contributed by atoms with E-state index in [9.17, 15) is 13.2 Å². The van der Waals surface area contributed by atoms with Crippen molar-refractivity contribution in [2.45, 2.75) is 12.8 Å². The summed E-state index contributed by atoms with van der Waals surface area (Å²) >= 11 is 1.89. The van der Waals surface area contributed by atoms with Crippen LogP contribution in [0, 0.1) is 0 Å². The number of imidazole rings is 1. The van der Waals surface area contributed by atoms with Gasteiger partial charge in [-0.1, -0.05) is 11.3 Å². The second-order valence-corrected chi connectivity index (χ2v) is 10.1. The maximum atomic E-state index is 13.9. The van der Waals surface area contributed by atoms with Crippen molar-refractivity contribution in [1.82, 2.24) is 19.6 Å². The minimum atomic E-state index is -4.56. The molecule has 0 radical (unpaired) electrons. The van der Waals surface area contributed by atoms with E-state index < -0.39 is 17.7 Å². The molecule has 6 rings (SSSR count). The Morgan fingerprint density at radius 2 is 1.89 bits per heavy atom. The van der Waals surface area contributed by atoms with Crippen LogP contribution in [-0.4, -0.2) is 60.1 Å². The minimum absolute atomic E-state index is 0.184. The fourth-order valence-corrected chi connectivity index (χ4v) is 5.75. The van der Waals surface area contributed by atoms with Crippen LogP contribution in [0.4, 0.5) is 18.3 Å². The third kappa shape index (κ3) is 4.50. The van der Waals surface area contributed by atoms with Crippen LogP contribution in [0.25, 0.3) is 27.4 Å². The largest absolute Gasteiger partial charge is 0.496 e. The molecule has 0 amide bonds. The van der Waals surface area contributed by atoms with Crippen molar-refractivity contribution in [2.24, 2.45) is 0 Å². The topological polar surface area (TPSA) is 96.4 Å². The second kappa shape index (κ2) is 9.63. The molecule has 5 aromatic rings. The molecule has 0 saturated carbocycles. The molecule has 1 aromatic carbocycles. The molecule has 1 fully saturated rings. The van der Waals surface area contributed by atoms with E-state index in [2.05, 4.69) is 15.1 Å². The van der Waals surface area contributed by atoms with E-state index in [-0.39, 0.29) is 5.69 Å². The fourth-order valence-electron chi connectivity index (χ4n) is 4.07. The first-order valence-corrected chi connectivity index (χ1v) is 13.0. The molecule has 0 unspecified atom stereocenters. The van der Waals surface area contributed by atoms with Crippen molar-refractivity contribution < 1.29 is 36.5 Å². The molecule has 0 N–H and O–H groups in total. The van der Waals surface area contributed by atoms with Crippen molar-refractivity contribution in [1.29, 1.82) is 0 Å². The Bertz CT molecular complexity index is 1600. The summed E-state index contributed by atoms with van der Waals surface area (Å²) in [6.45, 7) is 1.44. The number of alkyl halides is 3. The quantitative estimate of drug-likeness (QED) is 0.266. The van der Waals surface area contributed by atoms with Crippen LogP contribution in [0.15, 0.2) is 28.8 Å². The SMILES string of the molecule is COc1cc(OCc2nc(N3CCOCC3)sc2C(F)(F)F)c2cc(-c3cnc4sc(OC)nn34)oc2c1.